The van der Waals surface area contributed by atoms with Gasteiger partial charge in [-0.1, -0.05) is 29.8 Å². The van der Waals surface area contributed by atoms with E-state index >= 15 is 0 Å². The fourth-order valence-electron chi connectivity index (χ4n) is 3.68. The lowest BCUT2D eigenvalue weighted by molar-refractivity contribution is -0.137. The van der Waals surface area contributed by atoms with Gasteiger partial charge in [0.15, 0.2) is 0 Å². The molecular weight excluding hydrogens is 593 g/mol. The van der Waals surface area contributed by atoms with Gasteiger partial charge in [-0.15, -0.1) is 0 Å². The van der Waals surface area contributed by atoms with E-state index in [0.717, 1.165) is 12.1 Å². The Kier molecular flexibility index (Phi) is 9.73. The molecule has 16 heteroatoms. The molecule has 3 aromatic carbocycles. The molecule has 0 saturated heterocycles. The Labute approximate surface area is 236 Å². The minimum atomic E-state index is -4.71. The minimum Gasteiger partial charge on any atom is -0.377 e. The third-order valence-electron chi connectivity index (χ3n) is 5.41. The van der Waals surface area contributed by atoms with Crippen LogP contribution in [0.3, 0.4) is 0 Å². The highest BCUT2D eigenvalue weighted by atomic mass is 35.5. The summed E-state index contributed by atoms with van der Waals surface area (Å²) >= 11 is 6.15. The lowest BCUT2D eigenvalue weighted by atomic mass is 10.1. The fraction of sp³-hybridized carbons (Fsp3) is 0.160. The van der Waals surface area contributed by atoms with Crippen molar-refractivity contribution in [1.82, 2.24) is 9.97 Å². The number of fused-ring (bicyclic) bond motifs is 1. The molecule has 4 aromatic rings. The van der Waals surface area contributed by atoms with Crippen LogP contribution in [0, 0.1) is 6.92 Å². The summed E-state index contributed by atoms with van der Waals surface area (Å²) in [6.07, 6.45) is -4.71. The molecule has 41 heavy (non-hydrogen) atoms. The van der Waals surface area contributed by atoms with E-state index in [1.807, 2.05) is 0 Å². The number of aromatic nitrogens is 2. The number of alkyl halides is 3. The van der Waals surface area contributed by atoms with Gasteiger partial charge >= 0.3 is 16.6 Å². The number of anilines is 2. The summed E-state index contributed by atoms with van der Waals surface area (Å²) in [4.78, 5) is 33.5. The summed E-state index contributed by atoms with van der Waals surface area (Å²) in [7, 11) is -3.19. The maximum atomic E-state index is 13.4. The second-order valence-electron chi connectivity index (χ2n) is 8.35. The van der Waals surface area contributed by atoms with Gasteiger partial charge in [0.2, 0.25) is 0 Å². The van der Waals surface area contributed by atoms with Crippen molar-refractivity contribution in [3.63, 3.8) is 0 Å². The molecule has 1 heterocycles. The molecule has 0 atom stereocenters. The van der Waals surface area contributed by atoms with Gasteiger partial charge in [0.05, 0.1) is 22.2 Å². The van der Waals surface area contributed by atoms with Crippen LogP contribution in [0.25, 0.3) is 11.0 Å². The number of methoxy groups -OCH3 is 1. The van der Waals surface area contributed by atoms with Gasteiger partial charge in [-0.25, -0.2) is 4.98 Å². The molecule has 2 amide bonds. The smallest absolute Gasteiger partial charge is 0.377 e. The molecule has 11 nitrogen and oxygen atoms in total. The maximum Gasteiger partial charge on any atom is 0.417 e. The van der Waals surface area contributed by atoms with Crippen LogP contribution in [0.4, 0.5) is 24.5 Å². The molecule has 0 aliphatic heterocycles. The summed E-state index contributed by atoms with van der Waals surface area (Å²) in [5.74, 6) is -1.10. The molecular formula is C25H22ClF3N4O7S. The summed E-state index contributed by atoms with van der Waals surface area (Å²) in [5.41, 5.74) is 0.387. The SMILES string of the molecule is COCc1nc2c(C(=O)Nc3cccc(Cl)c3C)cc(NC(=O)c3ccccc3C(F)(F)F)cc2[nH]1.O=S(=O)(O)O. The van der Waals surface area contributed by atoms with E-state index in [-0.39, 0.29) is 17.9 Å². The molecule has 0 aliphatic carbocycles. The van der Waals surface area contributed by atoms with Crippen LogP contribution in [-0.2, 0) is 27.9 Å². The zero-order valence-corrected chi connectivity index (χ0v) is 22.8. The van der Waals surface area contributed by atoms with Crippen molar-refractivity contribution in [2.75, 3.05) is 17.7 Å². The van der Waals surface area contributed by atoms with Gasteiger partial charge in [-0.05, 0) is 48.9 Å². The molecule has 0 bridgehead atoms. The highest BCUT2D eigenvalue weighted by molar-refractivity contribution is 7.79. The number of benzene rings is 3. The van der Waals surface area contributed by atoms with Gasteiger partial charge < -0.3 is 20.4 Å². The molecule has 0 aliphatic rings. The van der Waals surface area contributed by atoms with E-state index in [1.165, 1.54) is 31.4 Å². The number of nitrogens with one attached hydrogen (secondary N) is 3. The maximum absolute atomic E-state index is 13.4. The number of imidazole rings is 1. The quantitative estimate of drug-likeness (QED) is 0.176. The van der Waals surface area contributed by atoms with Crippen LogP contribution in [0.15, 0.2) is 54.6 Å². The van der Waals surface area contributed by atoms with Gasteiger partial charge in [0.25, 0.3) is 11.8 Å². The summed E-state index contributed by atoms with van der Waals surface area (Å²) in [6.45, 7) is 1.87. The Bertz CT molecular complexity index is 1700. The third kappa shape index (κ3) is 8.48. The second-order valence-corrected chi connectivity index (χ2v) is 9.65. The van der Waals surface area contributed by atoms with E-state index in [1.54, 1.807) is 25.1 Å². The zero-order valence-electron chi connectivity index (χ0n) is 21.2. The van der Waals surface area contributed by atoms with Crippen molar-refractivity contribution in [1.29, 1.82) is 0 Å². The van der Waals surface area contributed by atoms with Crippen LogP contribution in [0.5, 0.6) is 0 Å². The molecule has 0 spiro atoms. The number of rotatable bonds is 6. The predicted molar refractivity (Wildman–Crippen MR) is 145 cm³/mol. The standard InChI is InChI=1S/C25H20ClF3N4O3.H2O4S/c1-13-18(26)8-5-9-19(13)32-24(35)16-10-14(11-20-22(16)33-21(31-20)12-36-2)30-23(34)15-6-3-4-7-17(15)25(27,28)29;1-5(2,3)4/h3-11H,12H2,1-2H3,(H,30,34)(H,31,33)(H,32,35);(H2,1,2,3,4). The van der Waals surface area contributed by atoms with E-state index in [2.05, 4.69) is 20.6 Å². The van der Waals surface area contributed by atoms with E-state index < -0.39 is 39.5 Å². The average Bonchev–Trinajstić information content (AvgIpc) is 3.27. The second kappa shape index (κ2) is 12.7. The monoisotopic (exact) mass is 614 g/mol. The first-order chi connectivity index (χ1) is 19.1. The first-order valence-electron chi connectivity index (χ1n) is 11.3. The van der Waals surface area contributed by atoms with Crippen LogP contribution in [0.1, 0.15) is 37.7 Å². The number of H-pyrrole nitrogens is 1. The number of aromatic amines is 1. The number of carbonyl (C=O) groups excluding carboxylic acids is 2. The Morgan fingerprint density at radius 2 is 1.66 bits per heavy atom. The van der Waals surface area contributed by atoms with Gasteiger partial charge in [-0.3, -0.25) is 18.7 Å². The Hall–Kier alpha value is -4.02. The lowest BCUT2D eigenvalue weighted by Gasteiger charge is -2.14. The number of hydrogen-bond acceptors (Lipinski definition) is 6. The van der Waals surface area contributed by atoms with Gasteiger partial charge in [0, 0.05) is 23.5 Å². The normalized spacial score (nSPS) is 11.5. The highest BCUT2D eigenvalue weighted by Gasteiger charge is 2.35. The van der Waals surface area contributed by atoms with E-state index in [0.29, 0.717) is 33.1 Å². The number of ether oxygens (including phenoxy) is 1. The molecule has 0 saturated carbocycles. The molecule has 0 unspecified atom stereocenters. The number of halogens is 4. The van der Waals surface area contributed by atoms with Crippen LogP contribution in [-0.4, -0.2) is 46.4 Å². The van der Waals surface area contributed by atoms with Crippen molar-refractivity contribution >= 4 is 56.2 Å². The predicted octanol–water partition coefficient (Wildman–Crippen LogP) is 5.54. The van der Waals surface area contributed by atoms with Crippen molar-refractivity contribution in [3.8, 4) is 0 Å². The first-order valence-corrected chi connectivity index (χ1v) is 13.1. The van der Waals surface area contributed by atoms with Crippen molar-refractivity contribution in [3.05, 3.63) is 87.7 Å². The van der Waals surface area contributed by atoms with Gasteiger partial charge in [-0.2, -0.15) is 21.6 Å². The lowest BCUT2D eigenvalue weighted by Crippen LogP contribution is -2.19. The topological polar surface area (TPSA) is 171 Å². The largest absolute Gasteiger partial charge is 0.417 e. The van der Waals surface area contributed by atoms with Crippen molar-refractivity contribution in [2.24, 2.45) is 0 Å². The number of carbonyl (C=O) groups is 2. The Balaban J connectivity index is 0.000000850. The van der Waals surface area contributed by atoms with Crippen molar-refractivity contribution in [2.45, 2.75) is 19.7 Å². The summed E-state index contributed by atoms with van der Waals surface area (Å²) < 4.78 is 76.9. The summed E-state index contributed by atoms with van der Waals surface area (Å²) in [5, 5.41) is 5.70. The van der Waals surface area contributed by atoms with Crippen LogP contribution in [0.2, 0.25) is 5.02 Å². The highest BCUT2D eigenvalue weighted by Crippen LogP contribution is 2.33. The molecule has 4 rings (SSSR count). The Morgan fingerprint density at radius 3 is 2.29 bits per heavy atom. The van der Waals surface area contributed by atoms with E-state index in [4.69, 9.17) is 33.9 Å². The third-order valence-corrected chi connectivity index (χ3v) is 5.82. The van der Waals surface area contributed by atoms with Crippen LogP contribution < -0.4 is 10.6 Å². The molecule has 0 fully saturated rings. The molecule has 218 valence electrons. The molecule has 0 radical (unpaired) electrons. The minimum absolute atomic E-state index is 0.0879. The number of amides is 2. The zero-order chi connectivity index (χ0) is 30.5. The fourth-order valence-corrected chi connectivity index (χ4v) is 3.85. The first kappa shape index (κ1) is 31.5. The number of nitrogens with zero attached hydrogens (tertiary/aromatic N) is 1. The average molecular weight is 615 g/mol. The molecule has 1 aromatic heterocycles. The molecule has 5 N–H and O–H groups in total. The summed E-state index contributed by atoms with van der Waals surface area (Å²) in [6, 6.07) is 12.3. The van der Waals surface area contributed by atoms with E-state index in [9.17, 15) is 22.8 Å². The van der Waals surface area contributed by atoms with Crippen LogP contribution >= 0.6 is 11.6 Å². The Morgan fingerprint density at radius 1 is 1.02 bits per heavy atom. The van der Waals surface area contributed by atoms with Crippen molar-refractivity contribution < 1.29 is 45.0 Å². The number of hydrogen-bond donors (Lipinski definition) is 5. The van der Waals surface area contributed by atoms with Gasteiger partial charge in [0.1, 0.15) is 17.9 Å².